The van der Waals surface area contributed by atoms with Crippen molar-refractivity contribution in [2.75, 3.05) is 31.0 Å². The van der Waals surface area contributed by atoms with Gasteiger partial charge in [-0.1, -0.05) is 0 Å². The Morgan fingerprint density at radius 1 is 1.50 bits per heavy atom. The van der Waals surface area contributed by atoms with Crippen LogP contribution in [0.3, 0.4) is 0 Å². The third-order valence-corrected chi connectivity index (χ3v) is 3.96. The van der Waals surface area contributed by atoms with E-state index in [9.17, 15) is 4.79 Å². The standard InChI is InChI=1S/C13H20N2O2S/c1-13(2,18-4)8-15-11-6-5-9(14)7-10(11)12(16)17-3/h5-7,15H,8,14H2,1-4H3. The van der Waals surface area contributed by atoms with Crippen molar-refractivity contribution >= 4 is 29.1 Å². The predicted molar refractivity (Wildman–Crippen MR) is 78.3 cm³/mol. The van der Waals surface area contributed by atoms with Crippen molar-refractivity contribution in [3.63, 3.8) is 0 Å². The Hall–Kier alpha value is -1.36. The fraction of sp³-hybridized carbons (Fsp3) is 0.462. The van der Waals surface area contributed by atoms with Crippen LogP contribution in [0, 0.1) is 0 Å². The second-order valence-corrected chi connectivity index (χ2v) is 6.13. The van der Waals surface area contributed by atoms with Crippen LogP contribution in [0.2, 0.25) is 0 Å². The Morgan fingerprint density at radius 3 is 2.72 bits per heavy atom. The summed E-state index contributed by atoms with van der Waals surface area (Å²) in [5.74, 6) is -0.383. The first-order valence-electron chi connectivity index (χ1n) is 5.66. The highest BCUT2D eigenvalue weighted by Crippen LogP contribution is 2.24. The Balaban J connectivity index is 2.91. The molecule has 0 unspecified atom stereocenters. The van der Waals surface area contributed by atoms with Gasteiger partial charge in [0.15, 0.2) is 0 Å². The number of ether oxygens (including phenoxy) is 1. The first-order chi connectivity index (χ1) is 8.39. The fourth-order valence-corrected chi connectivity index (χ4v) is 1.59. The van der Waals surface area contributed by atoms with Gasteiger partial charge in [0.1, 0.15) is 0 Å². The maximum absolute atomic E-state index is 11.7. The van der Waals surface area contributed by atoms with Crippen molar-refractivity contribution in [1.29, 1.82) is 0 Å². The Labute approximate surface area is 112 Å². The Bertz CT molecular complexity index is 433. The van der Waals surface area contributed by atoms with Gasteiger partial charge in [-0.3, -0.25) is 0 Å². The van der Waals surface area contributed by atoms with Gasteiger partial charge in [-0.15, -0.1) is 0 Å². The number of hydrogen-bond donors (Lipinski definition) is 2. The van der Waals surface area contributed by atoms with Gasteiger partial charge in [0.05, 0.1) is 12.7 Å². The van der Waals surface area contributed by atoms with Crippen LogP contribution in [-0.2, 0) is 4.74 Å². The molecule has 4 nitrogen and oxygen atoms in total. The minimum atomic E-state index is -0.383. The lowest BCUT2D eigenvalue weighted by Crippen LogP contribution is -2.26. The summed E-state index contributed by atoms with van der Waals surface area (Å²) in [7, 11) is 1.36. The highest BCUT2D eigenvalue weighted by atomic mass is 32.2. The summed E-state index contributed by atoms with van der Waals surface area (Å²) in [6, 6.07) is 5.19. The molecule has 0 saturated carbocycles. The Morgan fingerprint density at radius 2 is 2.17 bits per heavy atom. The summed E-state index contributed by atoms with van der Waals surface area (Å²) in [6.07, 6.45) is 2.06. The number of thioether (sulfide) groups is 1. The normalized spacial score (nSPS) is 11.1. The number of nitrogens with two attached hydrogens (primary N) is 1. The van der Waals surface area contributed by atoms with Gasteiger partial charge in [-0.2, -0.15) is 11.8 Å². The number of esters is 1. The molecular formula is C13H20N2O2S. The number of carbonyl (C=O) groups is 1. The third kappa shape index (κ3) is 3.84. The monoisotopic (exact) mass is 268 g/mol. The molecule has 0 aliphatic carbocycles. The first-order valence-corrected chi connectivity index (χ1v) is 6.89. The molecule has 1 aromatic carbocycles. The fourth-order valence-electron chi connectivity index (χ4n) is 1.38. The van der Waals surface area contributed by atoms with E-state index in [0.29, 0.717) is 11.3 Å². The summed E-state index contributed by atoms with van der Waals surface area (Å²) in [6.45, 7) is 5.03. The average molecular weight is 268 g/mol. The van der Waals surface area contributed by atoms with Crippen LogP contribution in [0.15, 0.2) is 18.2 Å². The van der Waals surface area contributed by atoms with Crippen LogP contribution in [0.5, 0.6) is 0 Å². The van der Waals surface area contributed by atoms with Crippen molar-refractivity contribution in [3.8, 4) is 0 Å². The number of nitrogens with one attached hydrogen (secondary N) is 1. The molecule has 0 spiro atoms. The number of nitrogen functional groups attached to an aromatic ring is 1. The summed E-state index contributed by atoms with van der Waals surface area (Å²) in [4.78, 5) is 11.7. The highest BCUT2D eigenvalue weighted by Gasteiger charge is 2.18. The van der Waals surface area contributed by atoms with Crippen LogP contribution >= 0.6 is 11.8 Å². The van der Waals surface area contributed by atoms with Gasteiger partial charge in [-0.05, 0) is 38.3 Å². The van der Waals surface area contributed by atoms with E-state index in [0.717, 1.165) is 12.2 Å². The molecule has 0 amide bonds. The maximum atomic E-state index is 11.7. The number of anilines is 2. The number of rotatable bonds is 5. The molecule has 5 heteroatoms. The summed E-state index contributed by atoms with van der Waals surface area (Å²) in [5, 5.41) is 3.27. The number of carbonyl (C=O) groups excluding carboxylic acids is 1. The topological polar surface area (TPSA) is 64.3 Å². The molecule has 0 aromatic heterocycles. The van der Waals surface area contributed by atoms with Crippen LogP contribution in [0.1, 0.15) is 24.2 Å². The van der Waals surface area contributed by atoms with Gasteiger partial charge in [0, 0.05) is 22.7 Å². The van der Waals surface area contributed by atoms with Gasteiger partial charge < -0.3 is 15.8 Å². The predicted octanol–water partition coefficient (Wildman–Crippen LogP) is 2.61. The largest absolute Gasteiger partial charge is 0.465 e. The van der Waals surface area contributed by atoms with E-state index in [2.05, 4.69) is 25.4 Å². The lowest BCUT2D eigenvalue weighted by molar-refractivity contribution is 0.0602. The van der Waals surface area contributed by atoms with Crippen molar-refractivity contribution in [3.05, 3.63) is 23.8 Å². The van der Waals surface area contributed by atoms with Crippen LogP contribution in [0.4, 0.5) is 11.4 Å². The van der Waals surface area contributed by atoms with E-state index in [1.807, 2.05) is 0 Å². The van der Waals surface area contributed by atoms with Crippen LogP contribution < -0.4 is 11.1 Å². The van der Waals surface area contributed by atoms with Crippen molar-refractivity contribution in [2.24, 2.45) is 0 Å². The molecule has 100 valence electrons. The van der Waals surface area contributed by atoms with E-state index in [1.165, 1.54) is 7.11 Å². The van der Waals surface area contributed by atoms with Gasteiger partial charge >= 0.3 is 5.97 Å². The highest BCUT2D eigenvalue weighted by molar-refractivity contribution is 7.99. The summed E-state index contributed by atoms with van der Waals surface area (Å²) in [5.41, 5.74) is 7.45. The molecule has 0 aliphatic rings. The second kappa shape index (κ2) is 6.00. The van der Waals surface area contributed by atoms with E-state index < -0.39 is 0 Å². The molecule has 18 heavy (non-hydrogen) atoms. The molecule has 0 radical (unpaired) electrons. The van der Waals surface area contributed by atoms with Gasteiger partial charge in [0.25, 0.3) is 0 Å². The molecule has 3 N–H and O–H groups in total. The lowest BCUT2D eigenvalue weighted by Gasteiger charge is -2.23. The molecule has 1 rings (SSSR count). The molecule has 0 bridgehead atoms. The molecule has 0 atom stereocenters. The van der Waals surface area contributed by atoms with Crippen molar-refractivity contribution in [1.82, 2.24) is 0 Å². The molecule has 1 aromatic rings. The number of methoxy groups -OCH3 is 1. The van der Waals surface area contributed by atoms with Crippen LogP contribution in [-0.4, -0.2) is 30.6 Å². The Kier molecular flexibility index (Phi) is 4.90. The van der Waals surface area contributed by atoms with E-state index in [-0.39, 0.29) is 10.7 Å². The average Bonchev–Trinajstić information content (AvgIpc) is 2.36. The smallest absolute Gasteiger partial charge is 0.340 e. The molecule has 0 aliphatic heterocycles. The number of hydrogen-bond acceptors (Lipinski definition) is 5. The lowest BCUT2D eigenvalue weighted by atomic mass is 10.1. The van der Waals surface area contributed by atoms with E-state index >= 15 is 0 Å². The minimum Gasteiger partial charge on any atom is -0.465 e. The zero-order chi connectivity index (χ0) is 13.8. The summed E-state index contributed by atoms with van der Waals surface area (Å²) >= 11 is 1.77. The molecule has 0 fully saturated rings. The maximum Gasteiger partial charge on any atom is 0.340 e. The quantitative estimate of drug-likeness (QED) is 0.635. The second-order valence-electron chi connectivity index (χ2n) is 4.61. The van der Waals surface area contributed by atoms with Crippen molar-refractivity contribution < 1.29 is 9.53 Å². The zero-order valence-corrected chi connectivity index (χ0v) is 12.1. The molecular weight excluding hydrogens is 248 g/mol. The SMILES string of the molecule is COC(=O)c1cc(N)ccc1NCC(C)(C)SC. The van der Waals surface area contributed by atoms with Gasteiger partial charge in [-0.25, -0.2) is 4.79 Å². The third-order valence-electron chi connectivity index (χ3n) is 2.71. The van der Waals surface area contributed by atoms with Crippen LogP contribution in [0.25, 0.3) is 0 Å². The first kappa shape index (κ1) is 14.7. The van der Waals surface area contributed by atoms with Crippen molar-refractivity contribution in [2.45, 2.75) is 18.6 Å². The van der Waals surface area contributed by atoms with E-state index in [1.54, 1.807) is 30.0 Å². The van der Waals surface area contributed by atoms with E-state index in [4.69, 9.17) is 10.5 Å². The summed E-state index contributed by atoms with van der Waals surface area (Å²) < 4.78 is 4.84. The zero-order valence-electron chi connectivity index (χ0n) is 11.2. The number of benzene rings is 1. The minimum absolute atomic E-state index is 0.0920. The molecule has 0 saturated heterocycles. The molecule has 0 heterocycles. The van der Waals surface area contributed by atoms with Gasteiger partial charge in [0.2, 0.25) is 0 Å².